The molecule has 2 aromatic rings. The number of rotatable bonds is 1. The summed E-state index contributed by atoms with van der Waals surface area (Å²) in [5.74, 6) is 0. The molecular weight excluding hydrogens is 270 g/mol. The maximum Gasteiger partial charge on any atom is 0.347 e. The van der Waals surface area contributed by atoms with Crippen LogP contribution in [0.25, 0.3) is 10.9 Å². The SMILES string of the molecule is O=c1[nH]c2ccc(Cl)cc2c(=O)n1N1CCOCC1. The van der Waals surface area contributed by atoms with Crippen LogP contribution in [0.1, 0.15) is 0 Å². The molecule has 1 saturated heterocycles. The summed E-state index contributed by atoms with van der Waals surface area (Å²) in [7, 11) is 0. The van der Waals surface area contributed by atoms with Crippen LogP contribution in [0.2, 0.25) is 5.02 Å². The number of aromatic amines is 1. The van der Waals surface area contributed by atoms with Gasteiger partial charge in [-0.1, -0.05) is 11.6 Å². The number of hydrogen-bond donors (Lipinski definition) is 1. The van der Waals surface area contributed by atoms with Crippen molar-refractivity contribution in [1.82, 2.24) is 9.66 Å². The summed E-state index contributed by atoms with van der Waals surface area (Å²) in [6, 6.07) is 4.83. The minimum Gasteiger partial charge on any atom is -0.378 e. The van der Waals surface area contributed by atoms with Gasteiger partial charge in [-0.05, 0) is 18.2 Å². The lowest BCUT2D eigenvalue weighted by molar-refractivity contribution is 0.110. The molecule has 0 spiro atoms. The lowest BCUT2D eigenvalue weighted by Crippen LogP contribution is -2.54. The van der Waals surface area contributed by atoms with Crippen molar-refractivity contribution in [2.45, 2.75) is 0 Å². The fourth-order valence-electron chi connectivity index (χ4n) is 2.19. The van der Waals surface area contributed by atoms with Crippen LogP contribution in [0, 0.1) is 0 Å². The van der Waals surface area contributed by atoms with Gasteiger partial charge in [0.05, 0.1) is 37.2 Å². The summed E-state index contributed by atoms with van der Waals surface area (Å²) in [6.07, 6.45) is 0. The molecule has 0 amide bonds. The van der Waals surface area contributed by atoms with Gasteiger partial charge in [-0.3, -0.25) is 4.79 Å². The normalized spacial score (nSPS) is 15.9. The highest BCUT2D eigenvalue weighted by molar-refractivity contribution is 6.31. The number of hydrogen-bond acceptors (Lipinski definition) is 4. The first kappa shape index (κ1) is 12.3. The maximum absolute atomic E-state index is 12.4. The molecule has 0 saturated carbocycles. The van der Waals surface area contributed by atoms with E-state index in [2.05, 4.69) is 4.98 Å². The molecule has 0 unspecified atom stereocenters. The second-order valence-corrected chi connectivity index (χ2v) is 4.74. The highest BCUT2D eigenvalue weighted by Gasteiger charge is 2.16. The Morgan fingerprint density at radius 1 is 1.21 bits per heavy atom. The van der Waals surface area contributed by atoms with Crippen molar-refractivity contribution in [2.75, 3.05) is 31.3 Å². The minimum absolute atomic E-state index is 0.358. The van der Waals surface area contributed by atoms with Crippen molar-refractivity contribution in [3.63, 3.8) is 0 Å². The van der Waals surface area contributed by atoms with Crippen LogP contribution in [0.15, 0.2) is 27.8 Å². The van der Waals surface area contributed by atoms with Gasteiger partial charge in [0.2, 0.25) is 0 Å². The Kier molecular flexibility index (Phi) is 3.04. The molecule has 6 nitrogen and oxygen atoms in total. The number of aromatic nitrogens is 2. The molecule has 1 N–H and O–H groups in total. The summed E-state index contributed by atoms with van der Waals surface area (Å²) >= 11 is 5.89. The second kappa shape index (κ2) is 4.71. The van der Waals surface area contributed by atoms with E-state index in [0.717, 1.165) is 4.68 Å². The first-order valence-electron chi connectivity index (χ1n) is 5.94. The average molecular weight is 282 g/mol. The van der Waals surface area contributed by atoms with Gasteiger partial charge in [-0.25, -0.2) is 4.79 Å². The summed E-state index contributed by atoms with van der Waals surface area (Å²) in [4.78, 5) is 27.1. The standard InChI is InChI=1S/C12H12ClN3O3/c13-8-1-2-10-9(7-8)11(17)16(12(18)14-10)15-3-5-19-6-4-15/h1-2,7H,3-6H2,(H,14,18). The Hall–Kier alpha value is -1.79. The topological polar surface area (TPSA) is 67.3 Å². The third-order valence-corrected chi connectivity index (χ3v) is 3.34. The number of ether oxygens (including phenoxy) is 1. The summed E-state index contributed by atoms with van der Waals surface area (Å²) < 4.78 is 6.34. The number of nitrogens with one attached hydrogen (secondary N) is 1. The fraction of sp³-hybridized carbons (Fsp3) is 0.333. The zero-order valence-corrected chi connectivity index (χ0v) is 10.8. The van der Waals surface area contributed by atoms with E-state index in [1.807, 2.05) is 0 Å². The fourth-order valence-corrected chi connectivity index (χ4v) is 2.36. The Balaban J connectivity index is 2.24. The molecule has 19 heavy (non-hydrogen) atoms. The number of H-pyrrole nitrogens is 1. The Morgan fingerprint density at radius 2 is 1.95 bits per heavy atom. The summed E-state index contributed by atoms with van der Waals surface area (Å²) in [5, 5.41) is 2.55. The predicted molar refractivity (Wildman–Crippen MR) is 72.6 cm³/mol. The number of fused-ring (bicyclic) bond motifs is 1. The molecular formula is C12H12ClN3O3. The predicted octanol–water partition coefficient (Wildman–Crippen LogP) is 0.311. The summed E-state index contributed by atoms with van der Waals surface area (Å²) in [6.45, 7) is 2.02. The van der Waals surface area contributed by atoms with E-state index < -0.39 is 5.69 Å². The van der Waals surface area contributed by atoms with Crippen molar-refractivity contribution >= 4 is 22.5 Å². The van der Waals surface area contributed by atoms with Crippen molar-refractivity contribution in [2.24, 2.45) is 0 Å². The lowest BCUT2D eigenvalue weighted by atomic mass is 10.2. The summed E-state index contributed by atoms with van der Waals surface area (Å²) in [5.41, 5.74) is -0.311. The van der Waals surface area contributed by atoms with E-state index in [0.29, 0.717) is 42.2 Å². The van der Waals surface area contributed by atoms with Gasteiger partial charge in [0, 0.05) is 5.02 Å². The van der Waals surface area contributed by atoms with Crippen LogP contribution in [0.5, 0.6) is 0 Å². The average Bonchev–Trinajstić information content (AvgIpc) is 2.41. The quantitative estimate of drug-likeness (QED) is 0.817. The number of halogens is 1. The van der Waals surface area contributed by atoms with Crippen LogP contribution < -0.4 is 16.3 Å². The van der Waals surface area contributed by atoms with Crippen molar-refractivity contribution < 1.29 is 4.74 Å². The van der Waals surface area contributed by atoms with Crippen LogP contribution >= 0.6 is 11.6 Å². The molecule has 100 valence electrons. The van der Waals surface area contributed by atoms with Crippen molar-refractivity contribution in [1.29, 1.82) is 0 Å². The van der Waals surface area contributed by atoms with Gasteiger partial charge in [0.15, 0.2) is 0 Å². The van der Waals surface area contributed by atoms with E-state index in [-0.39, 0.29) is 5.56 Å². The maximum atomic E-state index is 12.4. The van der Waals surface area contributed by atoms with Crippen LogP contribution in [-0.2, 0) is 4.74 Å². The molecule has 7 heteroatoms. The van der Waals surface area contributed by atoms with E-state index in [9.17, 15) is 9.59 Å². The molecule has 2 heterocycles. The van der Waals surface area contributed by atoms with E-state index in [1.165, 1.54) is 0 Å². The molecule has 1 aromatic carbocycles. The van der Waals surface area contributed by atoms with Gasteiger partial charge in [-0.2, -0.15) is 4.68 Å². The number of benzene rings is 1. The molecule has 1 aliphatic rings. The van der Waals surface area contributed by atoms with Gasteiger partial charge >= 0.3 is 5.69 Å². The molecule has 1 fully saturated rings. The smallest absolute Gasteiger partial charge is 0.347 e. The Morgan fingerprint density at radius 3 is 2.68 bits per heavy atom. The van der Waals surface area contributed by atoms with Gasteiger partial charge in [0.1, 0.15) is 0 Å². The second-order valence-electron chi connectivity index (χ2n) is 4.30. The van der Waals surface area contributed by atoms with Gasteiger partial charge in [0.25, 0.3) is 5.56 Å². The minimum atomic E-state index is -0.443. The zero-order valence-electron chi connectivity index (χ0n) is 10.1. The Labute approximate surface area is 113 Å². The van der Waals surface area contributed by atoms with E-state index >= 15 is 0 Å². The molecule has 1 aromatic heterocycles. The van der Waals surface area contributed by atoms with Crippen LogP contribution in [-0.4, -0.2) is 36.0 Å². The van der Waals surface area contributed by atoms with E-state index in [4.69, 9.17) is 16.3 Å². The zero-order chi connectivity index (χ0) is 13.4. The Bertz CT molecular complexity index is 731. The highest BCUT2D eigenvalue weighted by atomic mass is 35.5. The first-order chi connectivity index (χ1) is 9.16. The number of nitrogens with zero attached hydrogens (tertiary/aromatic N) is 2. The molecule has 0 atom stereocenters. The van der Waals surface area contributed by atoms with E-state index in [1.54, 1.807) is 23.2 Å². The first-order valence-corrected chi connectivity index (χ1v) is 6.32. The number of morpholine rings is 1. The largest absolute Gasteiger partial charge is 0.378 e. The monoisotopic (exact) mass is 281 g/mol. The van der Waals surface area contributed by atoms with Crippen LogP contribution in [0.4, 0.5) is 0 Å². The lowest BCUT2D eigenvalue weighted by Gasteiger charge is -2.29. The molecule has 1 aliphatic heterocycles. The molecule has 0 aliphatic carbocycles. The molecule has 0 radical (unpaired) electrons. The van der Waals surface area contributed by atoms with Gasteiger partial charge < -0.3 is 14.7 Å². The third-order valence-electron chi connectivity index (χ3n) is 3.11. The highest BCUT2D eigenvalue weighted by Crippen LogP contribution is 2.13. The molecule has 0 bridgehead atoms. The molecule has 3 rings (SSSR count). The van der Waals surface area contributed by atoms with Crippen LogP contribution in [0.3, 0.4) is 0 Å². The van der Waals surface area contributed by atoms with Gasteiger partial charge in [-0.15, -0.1) is 0 Å². The van der Waals surface area contributed by atoms with Crippen molar-refractivity contribution in [3.8, 4) is 0 Å². The third kappa shape index (κ3) is 2.13. The van der Waals surface area contributed by atoms with Crippen molar-refractivity contribution in [3.05, 3.63) is 44.1 Å².